The number of amides is 1. The molecule has 1 amide bonds. The average molecular weight is 364 g/mol. The summed E-state index contributed by atoms with van der Waals surface area (Å²) in [6.07, 6.45) is 2.02. The SMILES string of the molecule is CC(C)N1CCC(N(C)C(=O)[C@H]2CC(c3ccc(Cl)cc3)=NO2)CC1. The molecule has 0 aromatic heterocycles. The fourth-order valence-corrected chi connectivity index (χ4v) is 3.65. The summed E-state index contributed by atoms with van der Waals surface area (Å²) < 4.78 is 0. The molecule has 1 aromatic carbocycles. The molecule has 0 spiro atoms. The number of piperidine rings is 1. The van der Waals surface area contributed by atoms with Gasteiger partial charge in [0, 0.05) is 43.7 Å². The van der Waals surface area contributed by atoms with Gasteiger partial charge in [0.15, 0.2) is 0 Å². The Morgan fingerprint density at radius 2 is 1.92 bits per heavy atom. The molecule has 136 valence electrons. The second-order valence-electron chi connectivity index (χ2n) is 7.15. The predicted octanol–water partition coefficient (Wildman–Crippen LogP) is 3.16. The van der Waals surface area contributed by atoms with Gasteiger partial charge in [0.05, 0.1) is 5.71 Å². The van der Waals surface area contributed by atoms with Gasteiger partial charge in [0.25, 0.3) is 5.91 Å². The molecule has 1 atom stereocenters. The van der Waals surface area contributed by atoms with Crippen molar-refractivity contribution < 1.29 is 9.63 Å². The van der Waals surface area contributed by atoms with Gasteiger partial charge in [-0.15, -0.1) is 0 Å². The highest BCUT2D eigenvalue weighted by Gasteiger charge is 2.34. The lowest BCUT2D eigenvalue weighted by atomic mass is 10.0. The number of benzene rings is 1. The molecule has 2 heterocycles. The zero-order chi connectivity index (χ0) is 18.0. The second-order valence-corrected chi connectivity index (χ2v) is 7.59. The van der Waals surface area contributed by atoms with Gasteiger partial charge >= 0.3 is 0 Å². The third-order valence-electron chi connectivity index (χ3n) is 5.25. The molecule has 1 fully saturated rings. The molecule has 1 saturated heterocycles. The standard InChI is InChI=1S/C19H26ClN3O2/c1-13(2)23-10-8-16(9-11-23)22(3)19(24)18-12-17(21-25-18)14-4-6-15(20)7-5-14/h4-7,13,16,18H,8-12H2,1-3H3/t18-/m1/s1. The number of carbonyl (C=O) groups excluding carboxylic acids is 1. The van der Waals surface area contributed by atoms with Crippen LogP contribution >= 0.6 is 11.6 Å². The van der Waals surface area contributed by atoms with E-state index in [9.17, 15) is 4.79 Å². The molecule has 2 aliphatic rings. The van der Waals surface area contributed by atoms with E-state index in [0.29, 0.717) is 17.5 Å². The molecular formula is C19H26ClN3O2. The van der Waals surface area contributed by atoms with Gasteiger partial charge in [-0.1, -0.05) is 28.9 Å². The van der Waals surface area contributed by atoms with Crippen LogP contribution in [0.25, 0.3) is 0 Å². The molecule has 1 aromatic rings. The maximum Gasteiger partial charge on any atom is 0.266 e. The summed E-state index contributed by atoms with van der Waals surface area (Å²) in [5.74, 6) is 0.0238. The molecule has 2 aliphatic heterocycles. The number of halogens is 1. The van der Waals surface area contributed by atoms with Crippen molar-refractivity contribution in [1.82, 2.24) is 9.80 Å². The van der Waals surface area contributed by atoms with Crippen molar-refractivity contribution in [2.45, 2.75) is 51.3 Å². The Labute approximate surface area is 154 Å². The molecule has 0 radical (unpaired) electrons. The van der Waals surface area contributed by atoms with Crippen molar-refractivity contribution in [1.29, 1.82) is 0 Å². The van der Waals surface area contributed by atoms with E-state index >= 15 is 0 Å². The summed E-state index contributed by atoms with van der Waals surface area (Å²) in [6.45, 7) is 6.52. The zero-order valence-corrected chi connectivity index (χ0v) is 15.9. The van der Waals surface area contributed by atoms with Gasteiger partial charge in [-0.2, -0.15) is 0 Å². The maximum atomic E-state index is 12.8. The number of likely N-dealkylation sites (N-methyl/N-ethyl adjacent to an activating group) is 1. The molecule has 0 saturated carbocycles. The third-order valence-corrected chi connectivity index (χ3v) is 5.50. The van der Waals surface area contributed by atoms with E-state index in [1.54, 1.807) is 0 Å². The van der Waals surface area contributed by atoms with Crippen molar-refractivity contribution in [3.63, 3.8) is 0 Å². The van der Waals surface area contributed by atoms with Crippen molar-refractivity contribution in [3.8, 4) is 0 Å². The van der Waals surface area contributed by atoms with Crippen LogP contribution in [0.5, 0.6) is 0 Å². The lowest BCUT2D eigenvalue weighted by molar-refractivity contribution is -0.143. The minimum absolute atomic E-state index is 0.0238. The first-order valence-electron chi connectivity index (χ1n) is 8.95. The van der Waals surface area contributed by atoms with Gasteiger partial charge in [0.1, 0.15) is 0 Å². The summed E-state index contributed by atoms with van der Waals surface area (Å²) >= 11 is 5.92. The van der Waals surface area contributed by atoms with E-state index in [1.165, 1.54) is 0 Å². The number of oxime groups is 1. The van der Waals surface area contributed by atoms with E-state index < -0.39 is 6.10 Å². The maximum absolute atomic E-state index is 12.8. The number of rotatable bonds is 4. The largest absolute Gasteiger partial charge is 0.382 e. The van der Waals surface area contributed by atoms with Crippen LogP contribution < -0.4 is 0 Å². The first-order valence-corrected chi connectivity index (χ1v) is 9.33. The lowest BCUT2D eigenvalue weighted by Gasteiger charge is -2.38. The summed E-state index contributed by atoms with van der Waals surface area (Å²) in [6, 6.07) is 8.30. The van der Waals surface area contributed by atoms with Crippen molar-refractivity contribution in [2.24, 2.45) is 5.16 Å². The van der Waals surface area contributed by atoms with Crippen LogP contribution in [0.15, 0.2) is 29.4 Å². The topological polar surface area (TPSA) is 45.1 Å². The predicted molar refractivity (Wildman–Crippen MR) is 100.0 cm³/mol. The Kier molecular flexibility index (Phi) is 5.64. The number of hydrogen-bond acceptors (Lipinski definition) is 4. The monoisotopic (exact) mass is 363 g/mol. The van der Waals surface area contributed by atoms with Crippen LogP contribution in [0.4, 0.5) is 0 Å². The number of likely N-dealkylation sites (tertiary alicyclic amines) is 1. The first-order chi connectivity index (χ1) is 12.0. The molecule has 0 bridgehead atoms. The highest BCUT2D eigenvalue weighted by atomic mass is 35.5. The molecular weight excluding hydrogens is 338 g/mol. The summed E-state index contributed by atoms with van der Waals surface area (Å²) in [5, 5.41) is 4.80. The number of hydrogen-bond donors (Lipinski definition) is 0. The molecule has 0 aliphatic carbocycles. The molecule has 0 unspecified atom stereocenters. The molecule has 5 nitrogen and oxygen atoms in total. The van der Waals surface area contributed by atoms with Crippen LogP contribution in [0.2, 0.25) is 5.02 Å². The highest BCUT2D eigenvalue weighted by molar-refractivity contribution is 6.30. The average Bonchev–Trinajstić information content (AvgIpc) is 3.11. The third kappa shape index (κ3) is 4.15. The second kappa shape index (κ2) is 7.75. The van der Waals surface area contributed by atoms with Crippen LogP contribution in [-0.2, 0) is 9.63 Å². The highest BCUT2D eigenvalue weighted by Crippen LogP contribution is 2.23. The van der Waals surface area contributed by atoms with Crippen LogP contribution in [0.1, 0.15) is 38.7 Å². The van der Waals surface area contributed by atoms with E-state index in [1.807, 2.05) is 36.2 Å². The minimum Gasteiger partial charge on any atom is -0.382 e. The minimum atomic E-state index is -0.515. The Morgan fingerprint density at radius 3 is 2.52 bits per heavy atom. The van der Waals surface area contributed by atoms with E-state index in [0.717, 1.165) is 37.2 Å². The van der Waals surface area contributed by atoms with Crippen molar-refractivity contribution >= 4 is 23.2 Å². The van der Waals surface area contributed by atoms with Gasteiger partial charge in [-0.3, -0.25) is 4.79 Å². The fourth-order valence-electron chi connectivity index (χ4n) is 3.52. The fraction of sp³-hybridized carbons (Fsp3) is 0.579. The lowest BCUT2D eigenvalue weighted by Crippen LogP contribution is -2.49. The molecule has 3 rings (SSSR count). The van der Waals surface area contributed by atoms with Gasteiger partial charge in [-0.25, -0.2) is 0 Å². The van der Waals surface area contributed by atoms with Crippen LogP contribution in [0.3, 0.4) is 0 Å². The van der Waals surface area contributed by atoms with E-state index in [-0.39, 0.29) is 11.9 Å². The van der Waals surface area contributed by atoms with Crippen molar-refractivity contribution in [3.05, 3.63) is 34.9 Å². The van der Waals surface area contributed by atoms with Crippen molar-refractivity contribution in [2.75, 3.05) is 20.1 Å². The Hall–Kier alpha value is -1.59. The van der Waals surface area contributed by atoms with E-state index in [4.69, 9.17) is 16.4 Å². The van der Waals surface area contributed by atoms with Crippen LogP contribution in [-0.4, -0.2) is 59.7 Å². The number of carbonyl (C=O) groups is 1. The van der Waals surface area contributed by atoms with Gasteiger partial charge < -0.3 is 14.6 Å². The summed E-state index contributed by atoms with van der Waals surface area (Å²) in [7, 11) is 1.89. The normalized spacial score (nSPS) is 22.0. The Morgan fingerprint density at radius 1 is 1.28 bits per heavy atom. The molecule has 6 heteroatoms. The van der Waals surface area contributed by atoms with Gasteiger partial charge in [-0.05, 0) is 44.4 Å². The Bertz CT molecular complexity index is 637. The molecule has 0 N–H and O–H groups in total. The quantitative estimate of drug-likeness (QED) is 0.825. The van der Waals surface area contributed by atoms with Crippen LogP contribution in [0, 0.1) is 0 Å². The van der Waals surface area contributed by atoms with Gasteiger partial charge in [0.2, 0.25) is 6.10 Å². The van der Waals surface area contributed by atoms with E-state index in [2.05, 4.69) is 23.9 Å². The smallest absolute Gasteiger partial charge is 0.266 e. The Balaban J connectivity index is 1.55. The summed E-state index contributed by atoms with van der Waals surface area (Å²) in [4.78, 5) is 22.5. The first kappa shape index (κ1) is 18.2. The zero-order valence-electron chi connectivity index (χ0n) is 15.1. The molecule has 25 heavy (non-hydrogen) atoms. The number of nitrogens with zero attached hydrogens (tertiary/aromatic N) is 3. The summed E-state index contributed by atoms with van der Waals surface area (Å²) in [5.41, 5.74) is 1.76.